The fourth-order valence-electron chi connectivity index (χ4n) is 5.61. The molecule has 1 aliphatic rings. The van der Waals surface area contributed by atoms with E-state index in [1.165, 1.54) is 44.2 Å². The number of aliphatic hydroxyl groups excluding tert-OH is 2. The number of fused-ring (bicyclic) bond motifs is 4. The monoisotopic (exact) mass is 408 g/mol. The first-order chi connectivity index (χ1) is 15.3. The van der Waals surface area contributed by atoms with Gasteiger partial charge in [0.2, 0.25) is 0 Å². The molecule has 0 aliphatic heterocycles. The van der Waals surface area contributed by atoms with Crippen LogP contribution in [-0.4, -0.2) is 23.4 Å². The molecule has 0 saturated carbocycles. The Morgan fingerprint density at radius 1 is 0.548 bits per heavy atom. The Morgan fingerprint density at radius 2 is 1.13 bits per heavy atom. The summed E-state index contributed by atoms with van der Waals surface area (Å²) >= 11 is 0. The van der Waals surface area contributed by atoms with Crippen LogP contribution in [0.1, 0.15) is 36.8 Å². The van der Waals surface area contributed by atoms with Gasteiger partial charge < -0.3 is 10.2 Å². The highest BCUT2D eigenvalue weighted by molar-refractivity contribution is 6.02. The second-order valence-corrected chi connectivity index (χ2v) is 8.54. The van der Waals surface area contributed by atoms with Crippen molar-refractivity contribution in [2.45, 2.75) is 31.1 Å². The second-order valence-electron chi connectivity index (χ2n) is 8.54. The molecule has 2 heteroatoms. The molecule has 2 N–H and O–H groups in total. The van der Waals surface area contributed by atoms with Gasteiger partial charge in [0.25, 0.3) is 0 Å². The van der Waals surface area contributed by atoms with E-state index in [0.29, 0.717) is 0 Å². The van der Waals surface area contributed by atoms with Crippen LogP contribution in [-0.2, 0) is 5.41 Å². The zero-order chi connectivity index (χ0) is 21.3. The molecule has 0 spiro atoms. The van der Waals surface area contributed by atoms with Crippen LogP contribution in [0.25, 0.3) is 33.0 Å². The first-order valence-corrected chi connectivity index (χ1v) is 11.2. The maximum Gasteiger partial charge on any atom is 0.0431 e. The van der Waals surface area contributed by atoms with E-state index in [-0.39, 0.29) is 18.6 Å². The van der Waals surface area contributed by atoms with Crippen molar-refractivity contribution in [2.75, 3.05) is 13.2 Å². The molecule has 0 aromatic heterocycles. The van der Waals surface area contributed by atoms with E-state index in [0.717, 1.165) is 25.7 Å². The number of hydrogen-bond donors (Lipinski definition) is 2. The number of rotatable bonds is 7. The number of hydrogen-bond acceptors (Lipinski definition) is 2. The van der Waals surface area contributed by atoms with Crippen molar-refractivity contribution in [3.8, 4) is 22.3 Å². The summed E-state index contributed by atoms with van der Waals surface area (Å²) in [6.07, 6.45) is 3.26. The highest BCUT2D eigenvalue weighted by Gasteiger charge is 2.43. The van der Waals surface area contributed by atoms with E-state index in [4.69, 9.17) is 0 Å². The lowest BCUT2D eigenvalue weighted by atomic mass is 9.71. The molecule has 4 aromatic rings. The van der Waals surface area contributed by atoms with Gasteiger partial charge in [-0.25, -0.2) is 0 Å². The average Bonchev–Trinajstić information content (AvgIpc) is 3.11. The van der Waals surface area contributed by atoms with Crippen molar-refractivity contribution < 1.29 is 10.2 Å². The van der Waals surface area contributed by atoms with Crippen LogP contribution in [0.2, 0.25) is 0 Å². The predicted octanol–water partition coefficient (Wildman–Crippen LogP) is 6.32. The Kier molecular flexibility index (Phi) is 5.35. The molecular weight excluding hydrogens is 380 g/mol. The Hall–Kier alpha value is -2.94. The zero-order valence-electron chi connectivity index (χ0n) is 17.7. The summed E-state index contributed by atoms with van der Waals surface area (Å²) in [6.45, 7) is 0.364. The molecule has 156 valence electrons. The molecule has 4 aromatic carbocycles. The smallest absolute Gasteiger partial charge is 0.0431 e. The topological polar surface area (TPSA) is 40.5 Å². The molecule has 0 atom stereocenters. The van der Waals surface area contributed by atoms with E-state index in [2.05, 4.69) is 84.9 Å². The Bertz CT molecular complexity index is 1210. The zero-order valence-corrected chi connectivity index (χ0v) is 17.7. The highest BCUT2D eigenvalue weighted by Crippen LogP contribution is 2.56. The molecular formula is C29H28O2. The lowest BCUT2D eigenvalue weighted by Gasteiger charge is -2.32. The van der Waals surface area contributed by atoms with Gasteiger partial charge in [0.05, 0.1) is 0 Å². The minimum Gasteiger partial charge on any atom is -0.396 e. The van der Waals surface area contributed by atoms with Crippen LogP contribution in [0.4, 0.5) is 0 Å². The van der Waals surface area contributed by atoms with Gasteiger partial charge in [-0.3, -0.25) is 0 Å². The van der Waals surface area contributed by atoms with Crippen LogP contribution >= 0.6 is 0 Å². The van der Waals surface area contributed by atoms with Crippen molar-refractivity contribution >= 4 is 10.8 Å². The van der Waals surface area contributed by atoms with Crippen LogP contribution in [0, 0.1) is 0 Å². The first-order valence-electron chi connectivity index (χ1n) is 11.2. The summed E-state index contributed by atoms with van der Waals surface area (Å²) in [5.74, 6) is 0. The Labute approximate surface area is 183 Å². The van der Waals surface area contributed by atoms with Crippen molar-refractivity contribution in [1.29, 1.82) is 0 Å². The Balaban J connectivity index is 1.80. The quantitative estimate of drug-likeness (QED) is 0.376. The van der Waals surface area contributed by atoms with Crippen LogP contribution in [0.5, 0.6) is 0 Å². The molecule has 31 heavy (non-hydrogen) atoms. The average molecular weight is 409 g/mol. The molecule has 1 aliphatic carbocycles. The largest absolute Gasteiger partial charge is 0.396 e. The van der Waals surface area contributed by atoms with Gasteiger partial charge in [-0.15, -0.1) is 0 Å². The van der Waals surface area contributed by atoms with Gasteiger partial charge in [-0.2, -0.15) is 0 Å². The minimum absolute atomic E-state index is 0.169. The predicted molar refractivity (Wildman–Crippen MR) is 128 cm³/mol. The fraction of sp³-hybridized carbons (Fsp3) is 0.241. The molecule has 0 fully saturated rings. The molecule has 0 amide bonds. The summed E-state index contributed by atoms with van der Waals surface area (Å²) < 4.78 is 0. The van der Waals surface area contributed by atoms with Crippen molar-refractivity contribution in [3.63, 3.8) is 0 Å². The van der Waals surface area contributed by atoms with Crippen molar-refractivity contribution in [3.05, 3.63) is 96.1 Å². The SMILES string of the molecule is OCCCC1(CCCO)c2ccccc2-c2c(-c3cccc4ccccc34)cccc21. The maximum absolute atomic E-state index is 9.66. The first kappa shape index (κ1) is 20.0. The van der Waals surface area contributed by atoms with E-state index in [9.17, 15) is 10.2 Å². The highest BCUT2D eigenvalue weighted by atomic mass is 16.3. The van der Waals surface area contributed by atoms with Crippen molar-refractivity contribution in [2.24, 2.45) is 0 Å². The standard InChI is InChI=1S/C29H28O2/c30-19-7-17-29(18-8-20-31)26-15-4-3-12-25(26)28-24(14-6-16-27(28)29)23-13-5-10-21-9-1-2-11-22(21)23/h1-6,9-16,30-31H,7-8,17-20H2. The summed E-state index contributed by atoms with van der Waals surface area (Å²) in [5.41, 5.74) is 7.61. The van der Waals surface area contributed by atoms with E-state index < -0.39 is 0 Å². The lowest BCUT2D eigenvalue weighted by molar-refractivity contribution is 0.247. The fourth-order valence-corrected chi connectivity index (χ4v) is 5.61. The molecule has 0 radical (unpaired) electrons. The maximum atomic E-state index is 9.66. The summed E-state index contributed by atoms with van der Waals surface area (Å²) in [4.78, 5) is 0. The van der Waals surface area contributed by atoms with E-state index >= 15 is 0 Å². The van der Waals surface area contributed by atoms with E-state index in [1.54, 1.807) is 0 Å². The molecule has 0 heterocycles. The lowest BCUT2D eigenvalue weighted by Crippen LogP contribution is -2.26. The summed E-state index contributed by atoms with van der Waals surface area (Å²) in [5, 5.41) is 21.8. The Morgan fingerprint density at radius 3 is 1.94 bits per heavy atom. The second kappa shape index (κ2) is 8.30. The van der Waals surface area contributed by atoms with Gasteiger partial charge in [-0.1, -0.05) is 84.9 Å². The van der Waals surface area contributed by atoms with Gasteiger partial charge in [0, 0.05) is 18.6 Å². The third kappa shape index (κ3) is 3.18. The van der Waals surface area contributed by atoms with Gasteiger partial charge >= 0.3 is 0 Å². The molecule has 5 rings (SSSR count). The minimum atomic E-state index is -0.169. The molecule has 2 nitrogen and oxygen atoms in total. The molecule has 0 saturated heterocycles. The van der Waals surface area contributed by atoms with Crippen molar-refractivity contribution in [1.82, 2.24) is 0 Å². The normalized spacial score (nSPS) is 13.9. The molecule has 0 bridgehead atoms. The number of aliphatic hydroxyl groups is 2. The third-order valence-corrected chi connectivity index (χ3v) is 6.90. The van der Waals surface area contributed by atoms with Gasteiger partial charge in [0.1, 0.15) is 0 Å². The van der Waals surface area contributed by atoms with Gasteiger partial charge in [-0.05, 0) is 69.8 Å². The van der Waals surface area contributed by atoms with Crippen LogP contribution < -0.4 is 0 Å². The third-order valence-electron chi connectivity index (χ3n) is 6.90. The van der Waals surface area contributed by atoms with Crippen LogP contribution in [0.3, 0.4) is 0 Å². The van der Waals surface area contributed by atoms with Gasteiger partial charge in [0.15, 0.2) is 0 Å². The number of benzene rings is 4. The summed E-state index contributed by atoms with van der Waals surface area (Å²) in [6, 6.07) is 30.5. The van der Waals surface area contributed by atoms with Crippen LogP contribution in [0.15, 0.2) is 84.9 Å². The molecule has 0 unspecified atom stereocenters. The summed E-state index contributed by atoms with van der Waals surface area (Å²) in [7, 11) is 0. The van der Waals surface area contributed by atoms with E-state index in [1.807, 2.05) is 0 Å².